The number of amides is 1. The minimum atomic E-state index is -0.835. The van der Waals surface area contributed by atoms with Crippen LogP contribution in [-0.2, 0) is 11.3 Å². The van der Waals surface area contributed by atoms with Crippen molar-refractivity contribution in [2.75, 3.05) is 13.1 Å². The van der Waals surface area contributed by atoms with Crippen LogP contribution in [0.2, 0.25) is 0 Å². The van der Waals surface area contributed by atoms with E-state index in [0.29, 0.717) is 31.5 Å². The zero-order valence-electron chi connectivity index (χ0n) is 12.6. The van der Waals surface area contributed by atoms with Crippen molar-refractivity contribution in [1.82, 2.24) is 19.7 Å². The Morgan fingerprint density at radius 3 is 2.87 bits per heavy atom. The Bertz CT molecular complexity index is 699. The Hall–Kier alpha value is -2.70. The first kappa shape index (κ1) is 15.2. The van der Waals surface area contributed by atoms with Crippen molar-refractivity contribution < 1.29 is 14.7 Å². The molecule has 120 valence electrons. The van der Waals surface area contributed by atoms with Gasteiger partial charge in [-0.15, -0.1) is 0 Å². The van der Waals surface area contributed by atoms with Gasteiger partial charge in [-0.05, 0) is 24.5 Å². The Balaban J connectivity index is 1.80. The quantitative estimate of drug-likeness (QED) is 0.918. The van der Waals surface area contributed by atoms with Crippen molar-refractivity contribution in [2.45, 2.75) is 19.4 Å². The fraction of sp³-hybridized carbons (Fsp3) is 0.375. The highest BCUT2D eigenvalue weighted by Gasteiger charge is 2.29. The van der Waals surface area contributed by atoms with Crippen molar-refractivity contribution in [3.63, 3.8) is 0 Å². The van der Waals surface area contributed by atoms with Crippen molar-refractivity contribution in [1.29, 1.82) is 0 Å². The average molecular weight is 314 g/mol. The highest BCUT2D eigenvalue weighted by Crippen LogP contribution is 2.20. The van der Waals surface area contributed by atoms with Gasteiger partial charge in [0.25, 0.3) is 5.91 Å². The smallest absolute Gasteiger partial charge is 0.308 e. The number of carbonyl (C=O) groups excluding carboxylic acids is 1. The van der Waals surface area contributed by atoms with Gasteiger partial charge in [0.2, 0.25) is 0 Å². The summed E-state index contributed by atoms with van der Waals surface area (Å²) in [5.41, 5.74) is 1.44. The Kier molecular flexibility index (Phi) is 4.36. The molecule has 0 aliphatic carbocycles. The van der Waals surface area contributed by atoms with E-state index in [-0.39, 0.29) is 12.5 Å². The molecule has 23 heavy (non-hydrogen) atoms. The SMILES string of the molecule is O=C(O)[C@@H]1CCCN(C(=O)c2ccccc2Cn2cncn2)C1. The highest BCUT2D eigenvalue weighted by atomic mass is 16.4. The van der Waals surface area contributed by atoms with E-state index in [1.54, 1.807) is 22.0 Å². The Labute approximate surface area is 133 Å². The molecule has 3 rings (SSSR count). The molecule has 0 radical (unpaired) electrons. The zero-order valence-corrected chi connectivity index (χ0v) is 12.6. The number of rotatable bonds is 4. The number of likely N-dealkylation sites (tertiary alicyclic amines) is 1. The van der Waals surface area contributed by atoms with Gasteiger partial charge in [0.1, 0.15) is 12.7 Å². The summed E-state index contributed by atoms with van der Waals surface area (Å²) in [6.07, 6.45) is 4.39. The van der Waals surface area contributed by atoms with Crippen LogP contribution in [0.1, 0.15) is 28.8 Å². The van der Waals surface area contributed by atoms with Gasteiger partial charge in [-0.3, -0.25) is 9.59 Å². The van der Waals surface area contributed by atoms with Crippen molar-refractivity contribution >= 4 is 11.9 Å². The van der Waals surface area contributed by atoms with E-state index in [4.69, 9.17) is 0 Å². The number of nitrogens with zero attached hydrogens (tertiary/aromatic N) is 4. The molecule has 1 N–H and O–H groups in total. The lowest BCUT2D eigenvalue weighted by Gasteiger charge is -2.31. The van der Waals surface area contributed by atoms with Crippen LogP contribution in [0.25, 0.3) is 0 Å². The highest BCUT2D eigenvalue weighted by molar-refractivity contribution is 5.96. The summed E-state index contributed by atoms with van der Waals surface area (Å²) in [6.45, 7) is 1.32. The van der Waals surface area contributed by atoms with Crippen LogP contribution < -0.4 is 0 Å². The minimum Gasteiger partial charge on any atom is -0.481 e. The molecular formula is C16H18N4O3. The van der Waals surface area contributed by atoms with Gasteiger partial charge in [-0.1, -0.05) is 18.2 Å². The molecule has 1 saturated heterocycles. The lowest BCUT2D eigenvalue weighted by atomic mass is 9.97. The number of carboxylic acids is 1. The summed E-state index contributed by atoms with van der Waals surface area (Å²) in [4.78, 5) is 29.5. The van der Waals surface area contributed by atoms with E-state index in [2.05, 4.69) is 10.1 Å². The number of carboxylic acid groups (broad SMARTS) is 1. The maximum atomic E-state index is 12.8. The van der Waals surface area contributed by atoms with Crippen LogP contribution in [0.3, 0.4) is 0 Å². The first-order valence-electron chi connectivity index (χ1n) is 7.57. The molecule has 0 saturated carbocycles. The second-order valence-electron chi connectivity index (χ2n) is 5.68. The normalized spacial score (nSPS) is 17.9. The van der Waals surface area contributed by atoms with Gasteiger partial charge in [0.05, 0.1) is 12.5 Å². The molecule has 1 aliphatic heterocycles. The molecule has 1 atom stereocenters. The summed E-state index contributed by atoms with van der Waals surface area (Å²) in [5, 5.41) is 13.2. The molecule has 7 heteroatoms. The molecule has 0 unspecified atom stereocenters. The predicted octanol–water partition coefficient (Wildman–Crippen LogP) is 1.26. The Morgan fingerprint density at radius 2 is 2.13 bits per heavy atom. The third-order valence-electron chi connectivity index (χ3n) is 4.10. The van der Waals surface area contributed by atoms with E-state index in [0.717, 1.165) is 5.56 Å². The summed E-state index contributed by atoms with van der Waals surface area (Å²) in [6, 6.07) is 7.35. The van der Waals surface area contributed by atoms with Crippen LogP contribution in [0.5, 0.6) is 0 Å². The van der Waals surface area contributed by atoms with E-state index in [9.17, 15) is 14.7 Å². The maximum Gasteiger partial charge on any atom is 0.308 e. The fourth-order valence-corrected chi connectivity index (χ4v) is 2.89. The van der Waals surface area contributed by atoms with E-state index < -0.39 is 11.9 Å². The van der Waals surface area contributed by atoms with E-state index in [1.165, 1.54) is 6.33 Å². The number of aromatic nitrogens is 3. The molecule has 7 nitrogen and oxygen atoms in total. The van der Waals surface area contributed by atoms with Crippen LogP contribution in [0.4, 0.5) is 0 Å². The van der Waals surface area contributed by atoms with Crippen LogP contribution in [0.15, 0.2) is 36.9 Å². The van der Waals surface area contributed by atoms with Crippen molar-refractivity contribution in [2.24, 2.45) is 5.92 Å². The maximum absolute atomic E-state index is 12.8. The number of carbonyl (C=O) groups is 2. The molecule has 2 aromatic rings. The molecular weight excluding hydrogens is 296 g/mol. The predicted molar refractivity (Wildman–Crippen MR) is 81.8 cm³/mol. The monoisotopic (exact) mass is 314 g/mol. The summed E-state index contributed by atoms with van der Waals surface area (Å²) in [7, 11) is 0. The molecule has 1 aromatic heterocycles. The lowest BCUT2D eigenvalue weighted by molar-refractivity contribution is -0.143. The van der Waals surface area contributed by atoms with Gasteiger partial charge in [0.15, 0.2) is 0 Å². The van der Waals surface area contributed by atoms with Gasteiger partial charge < -0.3 is 10.0 Å². The second kappa shape index (κ2) is 6.60. The topological polar surface area (TPSA) is 88.3 Å². The minimum absolute atomic E-state index is 0.119. The summed E-state index contributed by atoms with van der Waals surface area (Å²) in [5.74, 6) is -1.43. The molecule has 0 spiro atoms. The van der Waals surface area contributed by atoms with Gasteiger partial charge >= 0.3 is 5.97 Å². The first-order chi connectivity index (χ1) is 11.1. The molecule has 2 heterocycles. The van der Waals surface area contributed by atoms with Crippen LogP contribution >= 0.6 is 0 Å². The summed E-state index contributed by atoms with van der Waals surface area (Å²) < 4.78 is 1.66. The van der Waals surface area contributed by atoms with Crippen LogP contribution in [-0.4, -0.2) is 49.7 Å². The molecule has 1 aliphatic rings. The lowest BCUT2D eigenvalue weighted by Crippen LogP contribution is -2.42. The van der Waals surface area contributed by atoms with Crippen molar-refractivity contribution in [3.05, 3.63) is 48.0 Å². The van der Waals surface area contributed by atoms with E-state index >= 15 is 0 Å². The number of benzene rings is 1. The third-order valence-corrected chi connectivity index (χ3v) is 4.10. The van der Waals surface area contributed by atoms with Crippen LogP contribution in [0, 0.1) is 5.92 Å². The average Bonchev–Trinajstić information content (AvgIpc) is 3.08. The molecule has 1 fully saturated rings. The third kappa shape index (κ3) is 3.39. The largest absolute Gasteiger partial charge is 0.481 e. The molecule has 1 amide bonds. The standard InChI is InChI=1S/C16H18N4O3/c21-15(19-7-3-5-13(8-19)16(22)23)14-6-2-1-4-12(14)9-20-11-17-10-18-20/h1-2,4,6,10-11,13H,3,5,7-9H2,(H,22,23)/t13-/m1/s1. The number of hydrogen-bond acceptors (Lipinski definition) is 4. The number of hydrogen-bond donors (Lipinski definition) is 1. The van der Waals surface area contributed by atoms with E-state index in [1.807, 2.05) is 18.2 Å². The molecule has 1 aromatic carbocycles. The van der Waals surface area contributed by atoms with Crippen molar-refractivity contribution in [3.8, 4) is 0 Å². The number of piperidine rings is 1. The Morgan fingerprint density at radius 1 is 1.30 bits per heavy atom. The first-order valence-corrected chi connectivity index (χ1v) is 7.57. The number of aliphatic carboxylic acids is 1. The zero-order chi connectivity index (χ0) is 16.2. The second-order valence-corrected chi connectivity index (χ2v) is 5.68. The van der Waals surface area contributed by atoms with Gasteiger partial charge in [-0.25, -0.2) is 9.67 Å². The fourth-order valence-electron chi connectivity index (χ4n) is 2.89. The van der Waals surface area contributed by atoms with Gasteiger partial charge in [0, 0.05) is 18.7 Å². The molecule has 0 bridgehead atoms. The summed E-state index contributed by atoms with van der Waals surface area (Å²) >= 11 is 0. The van der Waals surface area contributed by atoms with Gasteiger partial charge in [-0.2, -0.15) is 5.10 Å².